The minimum atomic E-state index is -1.36. The molecule has 1 saturated heterocycles. The molecule has 2 aliphatic rings. The number of hydrogen-bond acceptors (Lipinski definition) is 7. The van der Waals surface area contributed by atoms with Gasteiger partial charge in [0.1, 0.15) is 41.5 Å². The van der Waals surface area contributed by atoms with E-state index < -0.39 is 36.6 Å². The Morgan fingerprint density at radius 1 is 1.00 bits per heavy atom. The minimum Gasteiger partial charge on any atom is -0.456 e. The third-order valence-corrected chi connectivity index (χ3v) is 10.3. The molecule has 1 aliphatic carbocycles. The molecule has 1 saturated carbocycles. The maximum atomic E-state index is 13.5. The van der Waals surface area contributed by atoms with Crippen LogP contribution in [0.3, 0.4) is 0 Å². The van der Waals surface area contributed by atoms with Crippen molar-refractivity contribution in [2.75, 3.05) is 0 Å². The molecule has 0 bridgehead atoms. The van der Waals surface area contributed by atoms with Crippen LogP contribution in [-0.2, 0) is 9.47 Å². The number of nitrogens with zero attached hydrogens (tertiary/aromatic N) is 3. The van der Waals surface area contributed by atoms with Gasteiger partial charge in [-0.2, -0.15) is 0 Å². The number of halogens is 4. The van der Waals surface area contributed by atoms with Gasteiger partial charge in [-0.3, -0.25) is 0 Å². The quantitative estimate of drug-likeness (QED) is 0.105. The molecule has 0 radical (unpaired) electrons. The van der Waals surface area contributed by atoms with Gasteiger partial charge in [-0.05, 0) is 65.1 Å². The van der Waals surface area contributed by atoms with Crippen LogP contribution >= 0.6 is 57.4 Å². The smallest absolute Gasteiger partial charge is 0.338 e. The molecular formula is C30H27Cl3IN3O5. The summed E-state index contributed by atoms with van der Waals surface area (Å²) in [7, 11) is 0. The summed E-state index contributed by atoms with van der Waals surface area (Å²) in [5.74, 6) is -0.813. The van der Waals surface area contributed by atoms with Gasteiger partial charge in [0, 0.05) is 21.1 Å². The van der Waals surface area contributed by atoms with Crippen LogP contribution in [0, 0.1) is 9.49 Å². The number of ether oxygens (including phenoxy) is 2. The molecule has 3 heterocycles. The highest BCUT2D eigenvalue weighted by Gasteiger charge is 2.52. The SMILES string of the molecule is O=C(O[C@H](C1CCC(Cl)C(Cl)C1)[C@H]1O[C@@H](n2cc(I)c3c(Cl)ncnc32)[C@H](O)[C@@H]1O)c1ccc(-c2ccccc2)cc1. The van der Waals surface area contributed by atoms with Gasteiger partial charge in [-0.25, -0.2) is 14.8 Å². The minimum absolute atomic E-state index is 0.213. The number of fused-ring (bicyclic) bond motifs is 1. The zero-order valence-electron chi connectivity index (χ0n) is 22.1. The molecule has 8 nitrogen and oxygen atoms in total. The number of aromatic nitrogens is 3. The van der Waals surface area contributed by atoms with E-state index in [-0.39, 0.29) is 21.8 Å². The van der Waals surface area contributed by atoms with E-state index >= 15 is 0 Å². The summed E-state index contributed by atoms with van der Waals surface area (Å²) in [4.78, 5) is 21.9. The number of rotatable bonds is 6. The second-order valence-electron chi connectivity index (χ2n) is 10.6. The number of carbonyl (C=O) groups excluding carboxylic acids is 1. The summed E-state index contributed by atoms with van der Waals surface area (Å²) in [6.45, 7) is 0. The van der Waals surface area contributed by atoms with Crippen molar-refractivity contribution in [2.24, 2.45) is 5.92 Å². The van der Waals surface area contributed by atoms with E-state index in [0.29, 0.717) is 35.9 Å². The van der Waals surface area contributed by atoms with Crippen molar-refractivity contribution < 1.29 is 24.5 Å². The first-order chi connectivity index (χ1) is 20.2. The molecule has 6 rings (SSSR count). The Morgan fingerprint density at radius 3 is 2.43 bits per heavy atom. The van der Waals surface area contributed by atoms with Crippen LogP contribution in [0.1, 0.15) is 35.8 Å². The maximum Gasteiger partial charge on any atom is 0.338 e. The van der Waals surface area contributed by atoms with Crippen molar-refractivity contribution in [1.82, 2.24) is 14.5 Å². The van der Waals surface area contributed by atoms with E-state index in [2.05, 4.69) is 32.6 Å². The van der Waals surface area contributed by atoms with Gasteiger partial charge in [0.2, 0.25) is 0 Å². The Kier molecular flexibility index (Phi) is 8.98. The first-order valence-electron chi connectivity index (χ1n) is 13.6. The molecule has 0 amide bonds. The molecule has 1 aliphatic heterocycles. The van der Waals surface area contributed by atoms with Gasteiger partial charge >= 0.3 is 5.97 Å². The van der Waals surface area contributed by atoms with Gasteiger partial charge < -0.3 is 24.3 Å². The number of alkyl halides is 2. The fourth-order valence-electron chi connectivity index (χ4n) is 5.85. The Balaban J connectivity index is 1.29. The first kappa shape index (κ1) is 30.1. The highest BCUT2D eigenvalue weighted by molar-refractivity contribution is 14.1. The van der Waals surface area contributed by atoms with Crippen LogP contribution in [-0.4, -0.2) is 65.9 Å². The fourth-order valence-corrected chi connectivity index (χ4v) is 7.62. The predicted octanol–water partition coefficient (Wildman–Crippen LogP) is 6.22. The average Bonchev–Trinajstić information content (AvgIpc) is 3.49. The van der Waals surface area contributed by atoms with Crippen LogP contribution < -0.4 is 0 Å². The zero-order chi connectivity index (χ0) is 29.5. The van der Waals surface area contributed by atoms with Crippen molar-refractivity contribution in [3.05, 3.63) is 81.4 Å². The van der Waals surface area contributed by atoms with Crippen LogP contribution in [0.5, 0.6) is 0 Å². The zero-order valence-corrected chi connectivity index (χ0v) is 26.5. The maximum absolute atomic E-state index is 13.5. The third kappa shape index (κ3) is 5.77. The average molecular weight is 743 g/mol. The number of aliphatic hydroxyl groups excluding tert-OH is 2. The molecule has 220 valence electrons. The molecule has 42 heavy (non-hydrogen) atoms. The Morgan fingerprint density at radius 2 is 1.71 bits per heavy atom. The van der Waals surface area contributed by atoms with Crippen molar-refractivity contribution in [1.29, 1.82) is 0 Å². The first-order valence-corrected chi connectivity index (χ1v) is 15.9. The summed E-state index contributed by atoms with van der Waals surface area (Å²) in [5.41, 5.74) is 2.80. The molecule has 2 aromatic carbocycles. The standard InChI is InChI=1S/C30H27Cl3IN3O5/c31-19-11-10-18(12-20(19)32)25(42-30(40)17-8-6-16(7-9-17)15-4-2-1-3-5-15)26-23(38)24(39)29(41-26)37-13-21(34)22-27(33)35-14-36-28(22)37/h1-9,13-14,18-20,23-26,29,38-39H,10-12H2/t18?,19?,20?,23-,24+,25+,26-,29+/m0/s1. The summed E-state index contributed by atoms with van der Waals surface area (Å²) < 4.78 is 14.8. The molecule has 2 fully saturated rings. The topological polar surface area (TPSA) is 107 Å². The summed E-state index contributed by atoms with van der Waals surface area (Å²) >= 11 is 21.4. The van der Waals surface area contributed by atoms with Crippen LogP contribution in [0.2, 0.25) is 5.15 Å². The summed E-state index contributed by atoms with van der Waals surface area (Å²) in [5, 5.41) is 22.8. The van der Waals surface area contributed by atoms with E-state index in [1.165, 1.54) is 6.33 Å². The molecule has 3 unspecified atom stereocenters. The lowest BCUT2D eigenvalue weighted by molar-refractivity contribution is -0.110. The fraction of sp³-hybridized carbons (Fsp3) is 0.367. The molecule has 8 atom stereocenters. The molecule has 2 N–H and O–H groups in total. The number of aliphatic hydroxyl groups is 2. The Bertz CT molecular complexity index is 1570. The number of carbonyl (C=O) groups is 1. The summed E-state index contributed by atoms with van der Waals surface area (Å²) in [6, 6.07) is 17.0. The van der Waals surface area contributed by atoms with Crippen molar-refractivity contribution >= 4 is 74.4 Å². The second-order valence-corrected chi connectivity index (χ2v) is 13.3. The van der Waals surface area contributed by atoms with Gasteiger partial charge in [-0.1, -0.05) is 54.1 Å². The molecule has 2 aromatic heterocycles. The van der Waals surface area contributed by atoms with Gasteiger partial charge in [0.15, 0.2) is 6.23 Å². The molecule has 0 spiro atoms. The Hall–Kier alpha value is -1.99. The van der Waals surface area contributed by atoms with Crippen LogP contribution in [0.25, 0.3) is 22.2 Å². The lowest BCUT2D eigenvalue weighted by Crippen LogP contribution is -2.47. The molecule has 4 aromatic rings. The van der Waals surface area contributed by atoms with E-state index in [1.54, 1.807) is 22.9 Å². The van der Waals surface area contributed by atoms with E-state index in [1.807, 2.05) is 42.5 Å². The molecule has 12 heteroatoms. The largest absolute Gasteiger partial charge is 0.456 e. The van der Waals surface area contributed by atoms with Crippen LogP contribution in [0.15, 0.2) is 67.1 Å². The lowest BCUT2D eigenvalue weighted by atomic mass is 9.81. The van der Waals surface area contributed by atoms with Crippen molar-refractivity contribution in [2.45, 2.75) is 60.7 Å². The van der Waals surface area contributed by atoms with E-state index in [4.69, 9.17) is 44.3 Å². The third-order valence-electron chi connectivity index (χ3n) is 8.06. The van der Waals surface area contributed by atoms with Crippen molar-refractivity contribution in [3.8, 4) is 11.1 Å². The van der Waals surface area contributed by atoms with Gasteiger partial charge in [-0.15, -0.1) is 23.2 Å². The summed E-state index contributed by atoms with van der Waals surface area (Å²) in [6.07, 6.45) is -0.890. The van der Waals surface area contributed by atoms with Crippen molar-refractivity contribution in [3.63, 3.8) is 0 Å². The normalized spacial score (nSPS) is 28.6. The lowest BCUT2D eigenvalue weighted by Gasteiger charge is -2.37. The highest BCUT2D eigenvalue weighted by atomic mass is 127. The number of benzene rings is 2. The second kappa shape index (κ2) is 12.6. The number of esters is 1. The van der Waals surface area contributed by atoms with E-state index in [0.717, 1.165) is 14.7 Å². The van der Waals surface area contributed by atoms with Gasteiger partial charge in [0.25, 0.3) is 0 Å². The predicted molar refractivity (Wildman–Crippen MR) is 169 cm³/mol. The van der Waals surface area contributed by atoms with Crippen LogP contribution in [0.4, 0.5) is 0 Å². The monoisotopic (exact) mass is 741 g/mol. The van der Waals surface area contributed by atoms with Gasteiger partial charge in [0.05, 0.1) is 16.3 Å². The van der Waals surface area contributed by atoms with E-state index in [9.17, 15) is 15.0 Å². The highest BCUT2D eigenvalue weighted by Crippen LogP contribution is 2.42. The Labute approximate surface area is 271 Å². The molecular weight excluding hydrogens is 716 g/mol. The number of hydrogen-bond donors (Lipinski definition) is 2.